The number of alkyl carbamates (subject to hydrolysis) is 1. The third-order valence-electron chi connectivity index (χ3n) is 2.99. The highest BCUT2D eigenvalue weighted by molar-refractivity contribution is 5.67. The molecule has 0 saturated heterocycles. The van der Waals surface area contributed by atoms with Gasteiger partial charge < -0.3 is 25.0 Å². The molecule has 0 radical (unpaired) electrons. The van der Waals surface area contributed by atoms with Crippen LogP contribution in [0.1, 0.15) is 38.9 Å². The van der Waals surface area contributed by atoms with Gasteiger partial charge in [0.05, 0.1) is 13.2 Å². The summed E-state index contributed by atoms with van der Waals surface area (Å²) in [5.74, 6) is -0.351. The van der Waals surface area contributed by atoms with Crippen molar-refractivity contribution < 1.29 is 28.9 Å². The van der Waals surface area contributed by atoms with Crippen LogP contribution in [-0.4, -0.2) is 41.7 Å². The molecule has 130 valence electrons. The van der Waals surface area contributed by atoms with Crippen LogP contribution in [0, 0.1) is 5.82 Å². The van der Waals surface area contributed by atoms with E-state index < -0.39 is 29.7 Å². The molecule has 0 saturated carbocycles. The summed E-state index contributed by atoms with van der Waals surface area (Å²) in [4.78, 5) is 11.5. The van der Waals surface area contributed by atoms with Gasteiger partial charge >= 0.3 is 6.09 Å². The Hall–Kier alpha value is -1.86. The molecule has 1 rings (SSSR count). The van der Waals surface area contributed by atoms with E-state index in [1.165, 1.54) is 19.2 Å². The van der Waals surface area contributed by atoms with Crippen LogP contribution in [0.4, 0.5) is 9.18 Å². The number of amides is 1. The molecule has 23 heavy (non-hydrogen) atoms. The van der Waals surface area contributed by atoms with Gasteiger partial charge in [0.2, 0.25) is 0 Å². The van der Waals surface area contributed by atoms with E-state index in [-0.39, 0.29) is 24.3 Å². The van der Waals surface area contributed by atoms with Gasteiger partial charge in [-0.2, -0.15) is 0 Å². The molecule has 0 spiro atoms. The van der Waals surface area contributed by atoms with E-state index in [4.69, 9.17) is 9.47 Å². The van der Waals surface area contributed by atoms with Gasteiger partial charge in [-0.1, -0.05) is 0 Å². The fraction of sp³-hybridized carbons (Fsp3) is 0.562. The number of aliphatic hydroxyl groups is 2. The number of aliphatic hydroxyl groups excluding tert-OH is 2. The second kappa shape index (κ2) is 8.12. The summed E-state index contributed by atoms with van der Waals surface area (Å²) in [5, 5.41) is 22.7. The smallest absolute Gasteiger partial charge is 0.407 e. The van der Waals surface area contributed by atoms with Gasteiger partial charge in [0, 0.05) is 18.2 Å². The maximum absolute atomic E-state index is 13.1. The van der Waals surface area contributed by atoms with E-state index in [2.05, 4.69) is 5.32 Å². The van der Waals surface area contributed by atoms with E-state index in [1.807, 2.05) is 0 Å². The lowest BCUT2D eigenvalue weighted by Gasteiger charge is -2.22. The molecule has 1 aromatic rings. The second-order valence-electron chi connectivity index (χ2n) is 6.12. The molecule has 0 aromatic heterocycles. The molecule has 7 heteroatoms. The minimum atomic E-state index is -1.26. The predicted molar refractivity (Wildman–Crippen MR) is 82.8 cm³/mol. The SMILES string of the molecule is COc1cc(F)ccc1C(O)C(O)CCNC(=O)OC(C)(C)C. The maximum atomic E-state index is 13.1. The molecule has 1 amide bonds. The average Bonchev–Trinajstić information content (AvgIpc) is 2.44. The molecule has 0 bridgehead atoms. The number of halogens is 1. The van der Waals surface area contributed by atoms with Crippen molar-refractivity contribution in [3.8, 4) is 5.75 Å². The Morgan fingerprint density at radius 2 is 2.00 bits per heavy atom. The quantitative estimate of drug-likeness (QED) is 0.744. The average molecular weight is 329 g/mol. The van der Waals surface area contributed by atoms with Crippen molar-refractivity contribution in [3.05, 3.63) is 29.6 Å². The summed E-state index contributed by atoms with van der Waals surface area (Å²) >= 11 is 0. The van der Waals surface area contributed by atoms with Gasteiger partial charge in [0.15, 0.2) is 0 Å². The topological polar surface area (TPSA) is 88.0 Å². The molecule has 1 aromatic carbocycles. The van der Waals surface area contributed by atoms with Crippen molar-refractivity contribution in [3.63, 3.8) is 0 Å². The first-order valence-corrected chi connectivity index (χ1v) is 7.30. The Kier molecular flexibility index (Phi) is 6.78. The van der Waals surface area contributed by atoms with Gasteiger partial charge in [-0.3, -0.25) is 0 Å². The number of carbonyl (C=O) groups is 1. The third-order valence-corrected chi connectivity index (χ3v) is 2.99. The zero-order valence-corrected chi connectivity index (χ0v) is 13.8. The minimum absolute atomic E-state index is 0.0982. The Morgan fingerprint density at radius 1 is 1.35 bits per heavy atom. The normalized spacial score (nSPS) is 14.0. The molecule has 0 aliphatic rings. The fourth-order valence-corrected chi connectivity index (χ4v) is 1.93. The minimum Gasteiger partial charge on any atom is -0.496 e. The Morgan fingerprint density at radius 3 is 2.57 bits per heavy atom. The largest absolute Gasteiger partial charge is 0.496 e. The molecule has 2 unspecified atom stereocenters. The van der Waals surface area contributed by atoms with Crippen LogP contribution in [-0.2, 0) is 4.74 Å². The molecule has 6 nitrogen and oxygen atoms in total. The molecule has 2 atom stereocenters. The Labute approximate surface area is 135 Å². The van der Waals surface area contributed by atoms with Crippen LogP contribution in [0.2, 0.25) is 0 Å². The van der Waals surface area contributed by atoms with Crippen molar-refractivity contribution in [2.24, 2.45) is 0 Å². The number of methoxy groups -OCH3 is 1. The van der Waals surface area contributed by atoms with Crippen molar-refractivity contribution in [2.75, 3.05) is 13.7 Å². The predicted octanol–water partition coefficient (Wildman–Crippen LogP) is 2.14. The zero-order chi connectivity index (χ0) is 17.6. The molecular weight excluding hydrogens is 305 g/mol. The van der Waals surface area contributed by atoms with Crippen LogP contribution < -0.4 is 10.1 Å². The van der Waals surface area contributed by atoms with E-state index in [0.717, 1.165) is 6.07 Å². The number of hydrogen-bond acceptors (Lipinski definition) is 5. The first kappa shape index (κ1) is 19.2. The van der Waals surface area contributed by atoms with Crippen LogP contribution in [0.15, 0.2) is 18.2 Å². The van der Waals surface area contributed by atoms with E-state index in [9.17, 15) is 19.4 Å². The third kappa shape index (κ3) is 6.42. The highest BCUT2D eigenvalue weighted by Gasteiger charge is 2.23. The molecule has 0 aliphatic carbocycles. The van der Waals surface area contributed by atoms with Crippen LogP contribution in [0.5, 0.6) is 5.75 Å². The fourth-order valence-electron chi connectivity index (χ4n) is 1.93. The summed E-state index contributed by atoms with van der Waals surface area (Å²) in [6, 6.07) is 3.65. The number of nitrogens with one attached hydrogen (secondary N) is 1. The van der Waals surface area contributed by atoms with E-state index in [0.29, 0.717) is 0 Å². The van der Waals surface area contributed by atoms with Crippen LogP contribution >= 0.6 is 0 Å². The van der Waals surface area contributed by atoms with Crippen molar-refractivity contribution in [1.82, 2.24) is 5.32 Å². The number of benzene rings is 1. The van der Waals surface area contributed by atoms with Crippen LogP contribution in [0.25, 0.3) is 0 Å². The Balaban J connectivity index is 2.55. The second-order valence-corrected chi connectivity index (χ2v) is 6.12. The van der Waals surface area contributed by atoms with E-state index in [1.54, 1.807) is 20.8 Å². The van der Waals surface area contributed by atoms with Crippen molar-refractivity contribution >= 4 is 6.09 Å². The van der Waals surface area contributed by atoms with Crippen molar-refractivity contribution in [1.29, 1.82) is 0 Å². The summed E-state index contributed by atoms with van der Waals surface area (Å²) in [6.45, 7) is 5.35. The van der Waals surface area contributed by atoms with Gasteiger partial charge in [0.1, 0.15) is 23.3 Å². The maximum Gasteiger partial charge on any atom is 0.407 e. The van der Waals surface area contributed by atoms with Crippen LogP contribution in [0.3, 0.4) is 0 Å². The molecule has 0 fully saturated rings. The Bertz CT molecular complexity index is 530. The number of hydrogen-bond donors (Lipinski definition) is 3. The van der Waals surface area contributed by atoms with Gasteiger partial charge in [-0.05, 0) is 39.3 Å². The monoisotopic (exact) mass is 329 g/mol. The lowest BCUT2D eigenvalue weighted by Crippen LogP contribution is -2.34. The first-order valence-electron chi connectivity index (χ1n) is 7.30. The van der Waals surface area contributed by atoms with Crippen molar-refractivity contribution in [2.45, 2.75) is 45.0 Å². The summed E-state index contributed by atoms with van der Waals surface area (Å²) in [5.41, 5.74) is -0.331. The first-order chi connectivity index (χ1) is 10.6. The number of rotatable bonds is 6. The molecule has 0 aliphatic heterocycles. The molecule has 3 N–H and O–H groups in total. The molecular formula is C16H24FNO5. The van der Waals surface area contributed by atoms with Gasteiger partial charge in [-0.15, -0.1) is 0 Å². The van der Waals surface area contributed by atoms with Gasteiger partial charge in [-0.25, -0.2) is 9.18 Å². The van der Waals surface area contributed by atoms with Gasteiger partial charge in [0.25, 0.3) is 0 Å². The lowest BCUT2D eigenvalue weighted by molar-refractivity contribution is 0.0110. The lowest BCUT2D eigenvalue weighted by atomic mass is 10.0. The summed E-state index contributed by atoms with van der Waals surface area (Å²) < 4.78 is 23.2. The summed E-state index contributed by atoms with van der Waals surface area (Å²) in [6.07, 6.45) is -2.91. The number of carbonyl (C=O) groups excluding carboxylic acids is 1. The zero-order valence-electron chi connectivity index (χ0n) is 13.8. The highest BCUT2D eigenvalue weighted by Crippen LogP contribution is 2.28. The summed E-state index contributed by atoms with van der Waals surface area (Å²) in [7, 11) is 1.35. The molecule has 0 heterocycles. The van der Waals surface area contributed by atoms with E-state index >= 15 is 0 Å². The number of ether oxygens (including phenoxy) is 2. The standard InChI is InChI=1S/C16H24FNO5/c1-16(2,3)23-15(21)18-8-7-12(19)14(20)11-6-5-10(17)9-13(11)22-4/h5-6,9,12,14,19-20H,7-8H2,1-4H3,(H,18,21). The highest BCUT2D eigenvalue weighted by atomic mass is 19.1.